The summed E-state index contributed by atoms with van der Waals surface area (Å²) in [6.45, 7) is 0. The van der Waals surface area contributed by atoms with Crippen LogP contribution in [0.25, 0.3) is 49.8 Å². The van der Waals surface area contributed by atoms with Crippen LogP contribution in [0.3, 0.4) is 0 Å². The molecule has 5 heteroatoms. The van der Waals surface area contributed by atoms with E-state index in [2.05, 4.69) is 136 Å². The SMILES string of the molecule is c1ccc(N(c2ccccc2)n2c3ccccc3c3nc4c5ccccc5n(-c5ccccc5)c4nc32)cc1. The third-order valence-corrected chi connectivity index (χ3v) is 7.27. The highest BCUT2D eigenvalue weighted by atomic mass is 15.6. The molecule has 39 heavy (non-hydrogen) atoms. The maximum absolute atomic E-state index is 5.42. The van der Waals surface area contributed by atoms with Crippen molar-refractivity contribution < 1.29 is 0 Å². The number of hydrogen-bond acceptors (Lipinski definition) is 3. The van der Waals surface area contributed by atoms with E-state index in [0.29, 0.717) is 0 Å². The van der Waals surface area contributed by atoms with E-state index in [4.69, 9.17) is 9.97 Å². The molecule has 0 aliphatic rings. The van der Waals surface area contributed by atoms with Gasteiger partial charge in [0.25, 0.3) is 0 Å². The third-order valence-electron chi connectivity index (χ3n) is 7.27. The predicted molar refractivity (Wildman–Crippen MR) is 160 cm³/mol. The summed E-state index contributed by atoms with van der Waals surface area (Å²) in [5, 5.41) is 4.38. The lowest BCUT2D eigenvalue weighted by molar-refractivity contribution is 0.872. The van der Waals surface area contributed by atoms with Gasteiger partial charge >= 0.3 is 0 Å². The van der Waals surface area contributed by atoms with Gasteiger partial charge < -0.3 is 0 Å². The van der Waals surface area contributed by atoms with Crippen LogP contribution in [-0.2, 0) is 0 Å². The van der Waals surface area contributed by atoms with Gasteiger partial charge in [0.2, 0.25) is 0 Å². The first kappa shape index (κ1) is 21.6. The smallest absolute Gasteiger partial charge is 0.181 e. The number of benzene rings is 5. The van der Waals surface area contributed by atoms with Gasteiger partial charge in [-0.1, -0.05) is 91.0 Å². The van der Waals surface area contributed by atoms with E-state index in [0.717, 1.165) is 61.2 Å². The Bertz CT molecular complexity index is 2070. The van der Waals surface area contributed by atoms with E-state index in [1.54, 1.807) is 0 Å². The summed E-state index contributed by atoms with van der Waals surface area (Å²) in [5.74, 6) is 0. The van der Waals surface area contributed by atoms with Crippen LogP contribution in [0.15, 0.2) is 140 Å². The molecule has 0 bridgehead atoms. The van der Waals surface area contributed by atoms with Gasteiger partial charge in [0.15, 0.2) is 11.3 Å². The van der Waals surface area contributed by atoms with Gasteiger partial charge in [-0.2, -0.15) is 0 Å². The monoisotopic (exact) mass is 501 g/mol. The second kappa shape index (κ2) is 8.57. The minimum absolute atomic E-state index is 0.802. The summed E-state index contributed by atoms with van der Waals surface area (Å²) in [6.07, 6.45) is 0. The molecule has 5 aromatic carbocycles. The van der Waals surface area contributed by atoms with Crippen molar-refractivity contribution in [1.29, 1.82) is 0 Å². The Kier molecular flexibility index (Phi) is 4.76. The van der Waals surface area contributed by atoms with E-state index < -0.39 is 0 Å². The highest BCUT2D eigenvalue weighted by molar-refractivity contribution is 6.12. The van der Waals surface area contributed by atoms with Gasteiger partial charge in [0.1, 0.15) is 11.0 Å². The van der Waals surface area contributed by atoms with Crippen LogP contribution in [0.2, 0.25) is 0 Å². The molecule has 0 radical (unpaired) electrons. The number of fused-ring (bicyclic) bond motifs is 6. The first-order chi connectivity index (χ1) is 19.4. The lowest BCUT2D eigenvalue weighted by atomic mass is 10.2. The Morgan fingerprint density at radius 1 is 0.436 bits per heavy atom. The van der Waals surface area contributed by atoms with Gasteiger partial charge in [-0.05, 0) is 48.5 Å². The maximum atomic E-state index is 5.42. The van der Waals surface area contributed by atoms with Crippen LogP contribution in [-0.4, -0.2) is 19.2 Å². The number of nitrogens with zero attached hydrogens (tertiary/aromatic N) is 5. The molecular formula is C34H23N5. The topological polar surface area (TPSA) is 38.9 Å². The minimum atomic E-state index is 0.802. The Balaban J connectivity index is 1.55. The van der Waals surface area contributed by atoms with E-state index in [1.807, 2.05) is 18.2 Å². The van der Waals surface area contributed by atoms with Gasteiger partial charge in [0.05, 0.1) is 22.4 Å². The molecule has 0 aliphatic carbocycles. The minimum Gasteiger partial charge on any atom is -0.292 e. The molecule has 0 N–H and O–H groups in total. The molecule has 0 saturated carbocycles. The Morgan fingerprint density at radius 2 is 0.923 bits per heavy atom. The first-order valence-electron chi connectivity index (χ1n) is 13.0. The van der Waals surface area contributed by atoms with E-state index in [9.17, 15) is 0 Å². The first-order valence-corrected chi connectivity index (χ1v) is 13.0. The standard InChI is InChI=1S/C34H23N5/c1-4-14-24(15-5-1)37-29-22-12-10-20-27(29)31-33(37)36-34-32(35-31)28-21-11-13-23-30(28)39(34)38(25-16-6-2-7-17-25)26-18-8-3-9-19-26/h1-23H. The van der Waals surface area contributed by atoms with Crippen molar-refractivity contribution in [3.05, 3.63) is 140 Å². The third kappa shape index (κ3) is 3.27. The van der Waals surface area contributed by atoms with Crippen molar-refractivity contribution in [2.45, 2.75) is 0 Å². The Morgan fingerprint density at radius 3 is 1.56 bits per heavy atom. The molecule has 5 nitrogen and oxygen atoms in total. The van der Waals surface area contributed by atoms with Crippen molar-refractivity contribution in [2.75, 3.05) is 5.01 Å². The van der Waals surface area contributed by atoms with Crippen molar-refractivity contribution >= 4 is 55.5 Å². The fourth-order valence-electron chi connectivity index (χ4n) is 5.60. The number of para-hydroxylation sites is 5. The van der Waals surface area contributed by atoms with Crippen LogP contribution in [0.1, 0.15) is 0 Å². The molecule has 0 spiro atoms. The summed E-state index contributed by atoms with van der Waals surface area (Å²) in [5.41, 5.74) is 8.68. The van der Waals surface area contributed by atoms with E-state index in [-0.39, 0.29) is 0 Å². The molecule has 0 fully saturated rings. The van der Waals surface area contributed by atoms with Gasteiger partial charge in [-0.25, -0.2) is 19.7 Å². The molecule has 0 aliphatic heterocycles. The zero-order valence-electron chi connectivity index (χ0n) is 21.0. The molecule has 0 amide bonds. The van der Waals surface area contributed by atoms with Crippen LogP contribution in [0.4, 0.5) is 11.4 Å². The molecule has 3 heterocycles. The van der Waals surface area contributed by atoms with Gasteiger partial charge in [0, 0.05) is 16.5 Å². The van der Waals surface area contributed by atoms with Gasteiger partial charge in [-0.15, -0.1) is 0 Å². The molecule has 3 aromatic heterocycles. The summed E-state index contributed by atoms with van der Waals surface area (Å²) in [4.78, 5) is 10.8. The van der Waals surface area contributed by atoms with Crippen LogP contribution < -0.4 is 5.01 Å². The van der Waals surface area contributed by atoms with Crippen molar-refractivity contribution in [3.8, 4) is 5.69 Å². The summed E-state index contributed by atoms with van der Waals surface area (Å²) >= 11 is 0. The Labute approximate surface area is 224 Å². The Hall–Kier alpha value is -5.42. The molecule has 0 unspecified atom stereocenters. The van der Waals surface area contributed by atoms with Crippen LogP contribution in [0, 0.1) is 0 Å². The lowest BCUT2D eigenvalue weighted by Crippen LogP contribution is -2.24. The van der Waals surface area contributed by atoms with Gasteiger partial charge in [-0.3, -0.25) is 4.57 Å². The molecular weight excluding hydrogens is 478 g/mol. The normalized spacial score (nSPS) is 11.6. The number of aromatic nitrogens is 4. The summed E-state index contributed by atoms with van der Waals surface area (Å²) in [6, 6.07) is 48.1. The fourth-order valence-corrected chi connectivity index (χ4v) is 5.60. The fraction of sp³-hybridized carbons (Fsp3) is 0. The average Bonchev–Trinajstić information content (AvgIpc) is 3.50. The summed E-state index contributed by atoms with van der Waals surface area (Å²) < 4.78 is 4.42. The quantitative estimate of drug-likeness (QED) is 0.244. The molecule has 0 atom stereocenters. The van der Waals surface area contributed by atoms with E-state index >= 15 is 0 Å². The van der Waals surface area contributed by atoms with Crippen LogP contribution in [0.5, 0.6) is 0 Å². The second-order valence-electron chi connectivity index (χ2n) is 9.57. The number of anilines is 2. The molecule has 0 saturated heterocycles. The maximum Gasteiger partial charge on any atom is 0.181 e. The number of rotatable bonds is 4. The van der Waals surface area contributed by atoms with Crippen molar-refractivity contribution in [1.82, 2.24) is 19.2 Å². The number of hydrogen-bond donors (Lipinski definition) is 0. The van der Waals surface area contributed by atoms with E-state index in [1.165, 1.54) is 0 Å². The molecule has 184 valence electrons. The molecule has 8 aromatic rings. The average molecular weight is 502 g/mol. The zero-order chi connectivity index (χ0) is 25.8. The summed E-state index contributed by atoms with van der Waals surface area (Å²) in [7, 11) is 0. The largest absolute Gasteiger partial charge is 0.292 e. The second-order valence-corrected chi connectivity index (χ2v) is 9.57. The van der Waals surface area contributed by atoms with Crippen LogP contribution >= 0.6 is 0 Å². The van der Waals surface area contributed by atoms with Crippen molar-refractivity contribution in [2.24, 2.45) is 0 Å². The highest BCUT2D eigenvalue weighted by Crippen LogP contribution is 2.37. The lowest BCUT2D eigenvalue weighted by Gasteiger charge is -2.27. The van der Waals surface area contributed by atoms with Crippen molar-refractivity contribution in [3.63, 3.8) is 0 Å². The zero-order valence-corrected chi connectivity index (χ0v) is 21.0. The predicted octanol–water partition coefficient (Wildman–Crippen LogP) is 8.28. The molecule has 8 rings (SSSR count). The highest BCUT2D eigenvalue weighted by Gasteiger charge is 2.23.